The van der Waals surface area contributed by atoms with E-state index >= 15 is 0 Å². The molecule has 2 aromatic carbocycles. The number of amides is 1. The van der Waals surface area contributed by atoms with Crippen molar-refractivity contribution >= 4 is 17.6 Å². The summed E-state index contributed by atoms with van der Waals surface area (Å²) >= 11 is 0. The first-order valence-corrected chi connectivity index (χ1v) is 8.78. The van der Waals surface area contributed by atoms with E-state index in [0.717, 1.165) is 17.7 Å². The summed E-state index contributed by atoms with van der Waals surface area (Å²) in [7, 11) is 2.92. The van der Waals surface area contributed by atoms with E-state index in [2.05, 4.69) is 19.2 Å². The van der Waals surface area contributed by atoms with Crippen molar-refractivity contribution in [2.45, 2.75) is 26.2 Å². The Morgan fingerprint density at radius 1 is 1.04 bits per heavy atom. The van der Waals surface area contributed by atoms with E-state index in [0.29, 0.717) is 11.7 Å². The Balaban J connectivity index is 2.04. The van der Waals surface area contributed by atoms with E-state index in [1.54, 1.807) is 18.2 Å². The van der Waals surface area contributed by atoms with Gasteiger partial charge in [0.25, 0.3) is 5.91 Å². The van der Waals surface area contributed by atoms with Crippen LogP contribution in [0.25, 0.3) is 0 Å². The van der Waals surface area contributed by atoms with Crippen molar-refractivity contribution in [3.63, 3.8) is 0 Å². The molecular formula is C21H25NO5. The fourth-order valence-electron chi connectivity index (χ4n) is 2.70. The van der Waals surface area contributed by atoms with Crippen LogP contribution in [0.3, 0.4) is 0 Å². The van der Waals surface area contributed by atoms with Crippen LogP contribution in [-0.4, -0.2) is 32.7 Å². The molecular weight excluding hydrogens is 346 g/mol. The third-order valence-corrected chi connectivity index (χ3v) is 4.34. The molecule has 144 valence electrons. The lowest BCUT2D eigenvalue weighted by atomic mass is 9.97. The van der Waals surface area contributed by atoms with Crippen LogP contribution in [0.4, 0.5) is 5.69 Å². The van der Waals surface area contributed by atoms with Gasteiger partial charge in [-0.1, -0.05) is 38.1 Å². The average Bonchev–Trinajstić information content (AvgIpc) is 2.71. The highest BCUT2D eigenvalue weighted by Crippen LogP contribution is 2.31. The van der Waals surface area contributed by atoms with Gasteiger partial charge >= 0.3 is 5.97 Å². The van der Waals surface area contributed by atoms with Crippen molar-refractivity contribution in [1.82, 2.24) is 0 Å². The van der Waals surface area contributed by atoms with Gasteiger partial charge in [-0.3, -0.25) is 4.79 Å². The molecule has 0 aliphatic heterocycles. The number of ether oxygens (including phenoxy) is 3. The van der Waals surface area contributed by atoms with Crippen molar-refractivity contribution in [3.8, 4) is 11.5 Å². The molecule has 1 N–H and O–H groups in total. The third kappa shape index (κ3) is 5.00. The van der Waals surface area contributed by atoms with Crippen LogP contribution in [0.5, 0.6) is 11.5 Å². The number of hydrogen-bond acceptors (Lipinski definition) is 5. The van der Waals surface area contributed by atoms with Crippen LogP contribution >= 0.6 is 0 Å². The Morgan fingerprint density at radius 3 is 2.44 bits per heavy atom. The maximum atomic E-state index is 12.3. The highest BCUT2D eigenvalue weighted by atomic mass is 16.5. The summed E-state index contributed by atoms with van der Waals surface area (Å²) in [4.78, 5) is 24.6. The molecule has 0 aliphatic rings. The minimum Gasteiger partial charge on any atom is -0.493 e. The molecule has 0 spiro atoms. The number of esters is 1. The maximum absolute atomic E-state index is 12.3. The number of rotatable bonds is 8. The second kappa shape index (κ2) is 9.62. The number of para-hydroxylation sites is 2. The van der Waals surface area contributed by atoms with Crippen LogP contribution < -0.4 is 14.8 Å². The van der Waals surface area contributed by atoms with Gasteiger partial charge in [-0.15, -0.1) is 0 Å². The molecule has 1 amide bonds. The number of carbonyl (C=O) groups is 2. The van der Waals surface area contributed by atoms with Gasteiger partial charge in [-0.2, -0.15) is 0 Å². The first kappa shape index (κ1) is 20.3. The number of hydrogen-bond donors (Lipinski definition) is 1. The van der Waals surface area contributed by atoms with E-state index in [9.17, 15) is 9.59 Å². The van der Waals surface area contributed by atoms with Crippen LogP contribution in [0.2, 0.25) is 0 Å². The van der Waals surface area contributed by atoms with Gasteiger partial charge in [0.15, 0.2) is 18.1 Å². The van der Waals surface area contributed by atoms with E-state index in [4.69, 9.17) is 14.2 Å². The highest BCUT2D eigenvalue weighted by Gasteiger charge is 2.19. The molecule has 0 aliphatic carbocycles. The predicted molar refractivity (Wildman–Crippen MR) is 104 cm³/mol. The molecule has 6 heteroatoms. The molecule has 27 heavy (non-hydrogen) atoms. The van der Waals surface area contributed by atoms with Crippen LogP contribution in [-0.2, 0) is 9.53 Å². The summed E-state index contributed by atoms with van der Waals surface area (Å²) in [6.07, 6.45) is 0.956. The van der Waals surface area contributed by atoms with Gasteiger partial charge in [0.1, 0.15) is 5.56 Å². The zero-order chi connectivity index (χ0) is 19.8. The highest BCUT2D eigenvalue weighted by molar-refractivity contribution is 5.97. The summed E-state index contributed by atoms with van der Waals surface area (Å²) in [5.74, 6) is -0.0615. The standard InChI is InChI=1S/C21H25NO5/c1-5-14(2)15-9-6-7-11-17(15)22-19(23)13-27-21(24)16-10-8-12-18(25-3)20(16)26-4/h6-12,14H,5,13H2,1-4H3,(H,22,23). The number of anilines is 1. The molecule has 1 atom stereocenters. The molecule has 0 radical (unpaired) electrons. The van der Waals surface area contributed by atoms with Gasteiger partial charge in [-0.05, 0) is 36.1 Å². The minimum atomic E-state index is -0.656. The van der Waals surface area contributed by atoms with E-state index < -0.39 is 18.5 Å². The lowest BCUT2D eigenvalue weighted by molar-refractivity contribution is -0.119. The molecule has 0 aromatic heterocycles. The van der Waals surface area contributed by atoms with Crippen molar-refractivity contribution in [1.29, 1.82) is 0 Å². The number of benzene rings is 2. The fraction of sp³-hybridized carbons (Fsp3) is 0.333. The molecule has 6 nitrogen and oxygen atoms in total. The molecule has 1 unspecified atom stereocenters. The summed E-state index contributed by atoms with van der Waals surface area (Å²) < 4.78 is 15.5. The Bertz CT molecular complexity index is 803. The van der Waals surface area contributed by atoms with E-state index in [1.807, 2.05) is 24.3 Å². The zero-order valence-corrected chi connectivity index (χ0v) is 16.1. The molecule has 0 saturated carbocycles. The largest absolute Gasteiger partial charge is 0.493 e. The van der Waals surface area contributed by atoms with Crippen molar-refractivity contribution in [2.24, 2.45) is 0 Å². The first-order chi connectivity index (χ1) is 13.0. The maximum Gasteiger partial charge on any atom is 0.342 e. The van der Waals surface area contributed by atoms with Gasteiger partial charge in [-0.25, -0.2) is 4.79 Å². The van der Waals surface area contributed by atoms with Crippen molar-refractivity contribution in [2.75, 3.05) is 26.1 Å². The van der Waals surface area contributed by atoms with Crippen molar-refractivity contribution in [3.05, 3.63) is 53.6 Å². The van der Waals surface area contributed by atoms with Gasteiger partial charge in [0, 0.05) is 5.69 Å². The third-order valence-electron chi connectivity index (χ3n) is 4.34. The van der Waals surface area contributed by atoms with Crippen molar-refractivity contribution < 1.29 is 23.8 Å². The number of methoxy groups -OCH3 is 2. The summed E-state index contributed by atoms with van der Waals surface area (Å²) in [5.41, 5.74) is 1.98. The molecule has 2 aromatic rings. The van der Waals surface area contributed by atoms with Gasteiger partial charge in [0.05, 0.1) is 14.2 Å². The summed E-state index contributed by atoms with van der Waals surface area (Å²) in [6, 6.07) is 12.5. The summed E-state index contributed by atoms with van der Waals surface area (Å²) in [6.45, 7) is 3.79. The lowest BCUT2D eigenvalue weighted by Gasteiger charge is -2.16. The Morgan fingerprint density at radius 2 is 1.78 bits per heavy atom. The minimum absolute atomic E-state index is 0.199. The summed E-state index contributed by atoms with van der Waals surface area (Å²) in [5, 5.41) is 2.81. The monoisotopic (exact) mass is 371 g/mol. The van der Waals surface area contributed by atoms with Gasteiger partial charge in [0.2, 0.25) is 0 Å². The van der Waals surface area contributed by atoms with Crippen LogP contribution in [0.1, 0.15) is 42.1 Å². The molecule has 0 bridgehead atoms. The van der Waals surface area contributed by atoms with E-state index in [-0.39, 0.29) is 11.3 Å². The predicted octanol–water partition coefficient (Wildman–Crippen LogP) is 4.01. The zero-order valence-electron chi connectivity index (χ0n) is 16.1. The second-order valence-electron chi connectivity index (χ2n) is 6.06. The Labute approximate surface area is 159 Å². The SMILES string of the molecule is CCC(C)c1ccccc1NC(=O)COC(=O)c1cccc(OC)c1OC. The molecule has 0 saturated heterocycles. The Kier molecular flexibility index (Phi) is 7.23. The number of carbonyl (C=O) groups excluding carboxylic acids is 2. The Hall–Kier alpha value is -3.02. The lowest BCUT2D eigenvalue weighted by Crippen LogP contribution is -2.22. The molecule has 0 fully saturated rings. The van der Waals surface area contributed by atoms with Crippen LogP contribution in [0, 0.1) is 0 Å². The number of nitrogens with one attached hydrogen (secondary N) is 1. The molecule has 0 heterocycles. The average molecular weight is 371 g/mol. The second-order valence-corrected chi connectivity index (χ2v) is 6.06. The normalized spacial score (nSPS) is 11.4. The van der Waals surface area contributed by atoms with Gasteiger partial charge < -0.3 is 19.5 Å². The van der Waals surface area contributed by atoms with E-state index in [1.165, 1.54) is 14.2 Å². The molecule has 2 rings (SSSR count). The first-order valence-electron chi connectivity index (χ1n) is 8.78. The topological polar surface area (TPSA) is 73.9 Å². The quantitative estimate of drug-likeness (QED) is 0.710. The fourth-order valence-corrected chi connectivity index (χ4v) is 2.70. The van der Waals surface area contributed by atoms with Crippen LogP contribution in [0.15, 0.2) is 42.5 Å². The smallest absolute Gasteiger partial charge is 0.342 e.